The van der Waals surface area contributed by atoms with Gasteiger partial charge >= 0.3 is 0 Å². The minimum atomic E-state index is 0.0449. The van der Waals surface area contributed by atoms with Crippen molar-refractivity contribution in [2.45, 2.75) is 19.5 Å². The molecule has 110 valence electrons. The third-order valence-corrected chi connectivity index (χ3v) is 4.43. The highest BCUT2D eigenvalue weighted by molar-refractivity contribution is 9.10. The average Bonchev–Trinajstić information content (AvgIpc) is 2.69. The molecule has 1 atom stereocenters. The van der Waals surface area contributed by atoms with Crippen LogP contribution in [0.25, 0.3) is 0 Å². The number of hydrogen-bond donors (Lipinski definition) is 1. The highest BCUT2D eigenvalue weighted by atomic mass is 79.9. The summed E-state index contributed by atoms with van der Waals surface area (Å²) in [6.45, 7) is 4.41. The molecule has 3 nitrogen and oxygen atoms in total. The summed E-state index contributed by atoms with van der Waals surface area (Å²) in [6.07, 6.45) is 0. The van der Waals surface area contributed by atoms with Crippen LogP contribution >= 0.6 is 15.9 Å². The van der Waals surface area contributed by atoms with E-state index in [-0.39, 0.29) is 6.04 Å². The predicted octanol–water partition coefficient (Wildman–Crippen LogP) is 3.87. The number of benzene rings is 2. The Kier molecular flexibility index (Phi) is 4.17. The molecule has 0 radical (unpaired) electrons. The van der Waals surface area contributed by atoms with E-state index >= 15 is 0 Å². The standard InChI is InChI=1S/C17H19BrN2O/c1-12(19)13-6-7-16(15(18)10-13)20-8-9-21-17-5-3-2-4-14(17)11-20/h2-7,10,12H,8-9,11,19H2,1H3/t12-/m1/s1. The van der Waals surface area contributed by atoms with Gasteiger partial charge in [0.05, 0.1) is 12.2 Å². The van der Waals surface area contributed by atoms with E-state index in [0.29, 0.717) is 6.61 Å². The lowest BCUT2D eigenvalue weighted by Crippen LogP contribution is -2.25. The van der Waals surface area contributed by atoms with Crippen molar-refractivity contribution in [3.63, 3.8) is 0 Å². The second-order valence-corrected chi connectivity index (χ2v) is 6.23. The Morgan fingerprint density at radius 3 is 2.81 bits per heavy atom. The van der Waals surface area contributed by atoms with E-state index in [1.165, 1.54) is 11.3 Å². The van der Waals surface area contributed by atoms with Crippen molar-refractivity contribution in [1.29, 1.82) is 0 Å². The normalized spacial score (nSPS) is 15.9. The first-order valence-corrected chi connectivity index (χ1v) is 7.95. The number of nitrogens with zero attached hydrogens (tertiary/aromatic N) is 1. The number of halogens is 1. The van der Waals surface area contributed by atoms with Crippen LogP contribution in [0.4, 0.5) is 5.69 Å². The number of anilines is 1. The van der Waals surface area contributed by atoms with Crippen LogP contribution in [-0.2, 0) is 6.54 Å². The molecule has 0 aliphatic carbocycles. The van der Waals surface area contributed by atoms with Crippen molar-refractivity contribution < 1.29 is 4.74 Å². The minimum absolute atomic E-state index is 0.0449. The molecule has 0 saturated heterocycles. The van der Waals surface area contributed by atoms with Gasteiger partial charge in [0, 0.05) is 22.6 Å². The maximum atomic E-state index is 5.94. The second kappa shape index (κ2) is 6.08. The van der Waals surface area contributed by atoms with Gasteiger partial charge in [-0.25, -0.2) is 0 Å². The van der Waals surface area contributed by atoms with Crippen LogP contribution in [0.1, 0.15) is 24.1 Å². The second-order valence-electron chi connectivity index (χ2n) is 5.38. The summed E-state index contributed by atoms with van der Waals surface area (Å²) < 4.78 is 6.91. The third-order valence-electron chi connectivity index (χ3n) is 3.79. The number of fused-ring (bicyclic) bond motifs is 1. The highest BCUT2D eigenvalue weighted by Gasteiger charge is 2.17. The maximum Gasteiger partial charge on any atom is 0.124 e. The van der Waals surface area contributed by atoms with Crippen LogP contribution in [0.2, 0.25) is 0 Å². The Morgan fingerprint density at radius 1 is 1.24 bits per heavy atom. The minimum Gasteiger partial charge on any atom is -0.491 e. The molecule has 0 spiro atoms. The van der Waals surface area contributed by atoms with E-state index in [1.807, 2.05) is 19.1 Å². The summed E-state index contributed by atoms with van der Waals surface area (Å²) >= 11 is 3.68. The van der Waals surface area contributed by atoms with Gasteiger partial charge in [0.1, 0.15) is 12.4 Å². The van der Waals surface area contributed by atoms with Crippen molar-refractivity contribution in [3.05, 3.63) is 58.1 Å². The van der Waals surface area contributed by atoms with Crippen LogP contribution in [0.5, 0.6) is 5.75 Å². The summed E-state index contributed by atoms with van der Waals surface area (Å²) in [5.74, 6) is 0.989. The first-order chi connectivity index (χ1) is 10.1. The van der Waals surface area contributed by atoms with Gasteiger partial charge in [-0.05, 0) is 46.6 Å². The van der Waals surface area contributed by atoms with Gasteiger partial charge in [0.2, 0.25) is 0 Å². The van der Waals surface area contributed by atoms with Crippen LogP contribution in [-0.4, -0.2) is 13.2 Å². The molecular weight excluding hydrogens is 328 g/mol. The maximum absolute atomic E-state index is 5.94. The van der Waals surface area contributed by atoms with Crippen molar-refractivity contribution in [3.8, 4) is 5.75 Å². The summed E-state index contributed by atoms with van der Waals surface area (Å²) in [6, 6.07) is 14.6. The van der Waals surface area contributed by atoms with Gasteiger partial charge < -0.3 is 15.4 Å². The van der Waals surface area contributed by atoms with Gasteiger partial charge in [-0.3, -0.25) is 0 Å². The molecule has 0 amide bonds. The first-order valence-electron chi connectivity index (χ1n) is 7.16. The lowest BCUT2D eigenvalue weighted by molar-refractivity contribution is 0.331. The van der Waals surface area contributed by atoms with E-state index in [2.05, 4.69) is 51.2 Å². The van der Waals surface area contributed by atoms with Crippen LogP contribution in [0.15, 0.2) is 46.9 Å². The molecule has 2 aromatic rings. The van der Waals surface area contributed by atoms with E-state index < -0.39 is 0 Å². The number of rotatable bonds is 2. The molecular formula is C17H19BrN2O. The molecule has 4 heteroatoms. The quantitative estimate of drug-likeness (QED) is 0.896. The smallest absolute Gasteiger partial charge is 0.124 e. The first kappa shape index (κ1) is 14.4. The molecule has 2 N–H and O–H groups in total. The van der Waals surface area contributed by atoms with Gasteiger partial charge in [-0.15, -0.1) is 0 Å². The SMILES string of the molecule is C[C@@H](N)c1ccc(N2CCOc3ccccc3C2)c(Br)c1. The summed E-state index contributed by atoms with van der Waals surface area (Å²) in [7, 11) is 0. The zero-order valence-electron chi connectivity index (χ0n) is 12.1. The molecule has 21 heavy (non-hydrogen) atoms. The number of para-hydroxylation sites is 1. The number of nitrogens with two attached hydrogens (primary N) is 1. The fraction of sp³-hybridized carbons (Fsp3) is 0.294. The average molecular weight is 347 g/mol. The van der Waals surface area contributed by atoms with E-state index in [4.69, 9.17) is 10.5 Å². The third kappa shape index (κ3) is 3.06. The zero-order valence-corrected chi connectivity index (χ0v) is 13.6. The fourth-order valence-corrected chi connectivity index (χ4v) is 3.24. The van der Waals surface area contributed by atoms with Crippen molar-refractivity contribution in [2.24, 2.45) is 5.73 Å². The van der Waals surface area contributed by atoms with Crippen LogP contribution in [0, 0.1) is 0 Å². The highest BCUT2D eigenvalue weighted by Crippen LogP contribution is 2.32. The molecule has 1 aliphatic rings. The molecule has 0 fully saturated rings. The summed E-state index contributed by atoms with van der Waals surface area (Å²) in [5.41, 5.74) is 9.48. The Balaban J connectivity index is 1.91. The van der Waals surface area contributed by atoms with Gasteiger partial charge in [0.25, 0.3) is 0 Å². The summed E-state index contributed by atoms with van der Waals surface area (Å²) in [4.78, 5) is 2.33. The molecule has 0 saturated carbocycles. The number of ether oxygens (including phenoxy) is 1. The number of hydrogen-bond acceptors (Lipinski definition) is 3. The monoisotopic (exact) mass is 346 g/mol. The Labute approximate surface area is 133 Å². The Morgan fingerprint density at radius 2 is 2.05 bits per heavy atom. The lowest BCUT2D eigenvalue weighted by Gasteiger charge is -2.24. The van der Waals surface area contributed by atoms with Crippen LogP contribution in [0.3, 0.4) is 0 Å². The van der Waals surface area contributed by atoms with E-state index in [0.717, 1.165) is 28.9 Å². The van der Waals surface area contributed by atoms with Crippen molar-refractivity contribution >= 4 is 21.6 Å². The predicted molar refractivity (Wildman–Crippen MR) is 89.7 cm³/mol. The molecule has 0 unspecified atom stereocenters. The Hall–Kier alpha value is -1.52. The molecule has 0 bridgehead atoms. The van der Waals surface area contributed by atoms with Gasteiger partial charge in [-0.2, -0.15) is 0 Å². The largest absolute Gasteiger partial charge is 0.491 e. The fourth-order valence-electron chi connectivity index (χ4n) is 2.59. The van der Waals surface area contributed by atoms with E-state index in [1.54, 1.807) is 0 Å². The van der Waals surface area contributed by atoms with Gasteiger partial charge in [0.15, 0.2) is 0 Å². The molecule has 1 aliphatic heterocycles. The van der Waals surface area contributed by atoms with E-state index in [9.17, 15) is 0 Å². The lowest BCUT2D eigenvalue weighted by atomic mass is 10.1. The van der Waals surface area contributed by atoms with Crippen molar-refractivity contribution in [2.75, 3.05) is 18.1 Å². The Bertz CT molecular complexity index is 642. The molecule has 0 aromatic heterocycles. The molecule has 2 aromatic carbocycles. The topological polar surface area (TPSA) is 38.5 Å². The van der Waals surface area contributed by atoms with Gasteiger partial charge in [-0.1, -0.05) is 24.3 Å². The zero-order chi connectivity index (χ0) is 14.8. The molecule has 1 heterocycles. The summed E-state index contributed by atoms with van der Waals surface area (Å²) in [5, 5.41) is 0. The van der Waals surface area contributed by atoms with Crippen LogP contribution < -0.4 is 15.4 Å². The molecule has 3 rings (SSSR count). The van der Waals surface area contributed by atoms with Crippen molar-refractivity contribution in [1.82, 2.24) is 0 Å².